The van der Waals surface area contributed by atoms with Crippen LogP contribution in [0.3, 0.4) is 0 Å². The van der Waals surface area contributed by atoms with Crippen molar-refractivity contribution in [2.75, 3.05) is 7.11 Å². The Kier molecular flexibility index (Phi) is 5.84. The zero-order chi connectivity index (χ0) is 19.1. The molecule has 0 N–H and O–H groups in total. The van der Waals surface area contributed by atoms with Gasteiger partial charge in [-0.15, -0.1) is 0 Å². The largest absolute Gasteiger partial charge is 0.489 e. The van der Waals surface area contributed by atoms with Gasteiger partial charge in [-0.25, -0.2) is 4.79 Å². The fourth-order valence-corrected chi connectivity index (χ4v) is 2.43. The Morgan fingerprint density at radius 1 is 1.00 bits per heavy atom. The third-order valence-corrected chi connectivity index (χ3v) is 3.87. The predicted octanol–water partition coefficient (Wildman–Crippen LogP) is 4.54. The standard InChI is InChI=1S/C22H18O5/c1-25-22(24)21-18(13-14-26-21)9-12-20(23)17-7-10-19(11-8-17)27-15-16-5-3-2-4-6-16/h2-14H,15H2,1H3/b12-9+. The third-order valence-electron chi connectivity index (χ3n) is 3.87. The Bertz CT molecular complexity index is 936. The van der Waals surface area contributed by atoms with Crippen LogP contribution in [0.1, 0.15) is 32.0 Å². The van der Waals surface area contributed by atoms with E-state index in [2.05, 4.69) is 4.74 Å². The minimum Gasteiger partial charge on any atom is -0.489 e. The van der Waals surface area contributed by atoms with E-state index in [9.17, 15) is 9.59 Å². The monoisotopic (exact) mass is 362 g/mol. The average Bonchev–Trinajstić information content (AvgIpc) is 3.19. The number of methoxy groups -OCH3 is 1. The molecule has 1 aromatic heterocycles. The third kappa shape index (κ3) is 4.73. The molecule has 27 heavy (non-hydrogen) atoms. The van der Waals surface area contributed by atoms with E-state index in [4.69, 9.17) is 9.15 Å². The summed E-state index contributed by atoms with van der Waals surface area (Å²) in [5.74, 6) is -0.0398. The van der Waals surface area contributed by atoms with E-state index in [0.29, 0.717) is 23.5 Å². The van der Waals surface area contributed by atoms with Crippen LogP contribution in [0.15, 0.2) is 77.4 Å². The second kappa shape index (κ2) is 8.67. The number of esters is 1. The van der Waals surface area contributed by atoms with E-state index in [1.54, 1.807) is 30.3 Å². The number of rotatable bonds is 7. The highest BCUT2D eigenvalue weighted by Crippen LogP contribution is 2.17. The van der Waals surface area contributed by atoms with Crippen molar-refractivity contribution in [2.24, 2.45) is 0 Å². The van der Waals surface area contributed by atoms with Crippen LogP contribution in [-0.4, -0.2) is 18.9 Å². The first kappa shape index (κ1) is 18.2. The zero-order valence-corrected chi connectivity index (χ0v) is 14.8. The van der Waals surface area contributed by atoms with Crippen molar-refractivity contribution >= 4 is 17.8 Å². The lowest BCUT2D eigenvalue weighted by Gasteiger charge is -2.06. The number of allylic oxidation sites excluding steroid dienone is 1. The van der Waals surface area contributed by atoms with Gasteiger partial charge >= 0.3 is 5.97 Å². The summed E-state index contributed by atoms with van der Waals surface area (Å²) in [6, 6.07) is 18.3. The lowest BCUT2D eigenvalue weighted by Crippen LogP contribution is -2.01. The smallest absolute Gasteiger partial charge is 0.374 e. The van der Waals surface area contributed by atoms with Crippen LogP contribution in [0.5, 0.6) is 5.75 Å². The molecular formula is C22H18O5. The molecule has 0 fully saturated rings. The van der Waals surface area contributed by atoms with Gasteiger partial charge in [-0.3, -0.25) is 4.79 Å². The Morgan fingerprint density at radius 2 is 1.74 bits per heavy atom. The maximum atomic E-state index is 12.3. The van der Waals surface area contributed by atoms with Gasteiger partial charge in [-0.1, -0.05) is 30.3 Å². The van der Waals surface area contributed by atoms with Gasteiger partial charge in [0, 0.05) is 11.1 Å². The van der Waals surface area contributed by atoms with Crippen LogP contribution in [0.4, 0.5) is 0 Å². The summed E-state index contributed by atoms with van der Waals surface area (Å²) < 4.78 is 15.4. The SMILES string of the molecule is COC(=O)c1occc1/C=C/C(=O)c1ccc(OCc2ccccc2)cc1. The number of carbonyl (C=O) groups is 2. The summed E-state index contributed by atoms with van der Waals surface area (Å²) in [6.07, 6.45) is 4.28. The molecule has 0 aliphatic carbocycles. The van der Waals surface area contributed by atoms with Crippen LogP contribution in [0, 0.1) is 0 Å². The van der Waals surface area contributed by atoms with Gasteiger partial charge in [0.1, 0.15) is 12.4 Å². The summed E-state index contributed by atoms with van der Waals surface area (Å²) in [4.78, 5) is 23.9. The number of carbonyl (C=O) groups excluding carboxylic acids is 2. The van der Waals surface area contributed by atoms with Gasteiger partial charge in [0.2, 0.25) is 5.76 Å². The normalized spacial score (nSPS) is 10.7. The molecule has 5 nitrogen and oxygen atoms in total. The quantitative estimate of drug-likeness (QED) is 0.351. The van der Waals surface area contributed by atoms with Crippen molar-refractivity contribution in [1.29, 1.82) is 0 Å². The highest BCUT2D eigenvalue weighted by Gasteiger charge is 2.14. The van der Waals surface area contributed by atoms with Crippen molar-refractivity contribution in [2.45, 2.75) is 6.61 Å². The van der Waals surface area contributed by atoms with Gasteiger partial charge in [-0.05, 0) is 48.0 Å². The number of benzene rings is 2. The summed E-state index contributed by atoms with van der Waals surface area (Å²) in [5.41, 5.74) is 2.07. The highest BCUT2D eigenvalue weighted by molar-refractivity contribution is 6.07. The topological polar surface area (TPSA) is 65.7 Å². The molecule has 136 valence electrons. The Labute approximate surface area is 156 Å². The van der Waals surface area contributed by atoms with Crippen LogP contribution in [0.2, 0.25) is 0 Å². The van der Waals surface area contributed by atoms with Crippen molar-refractivity contribution in [3.63, 3.8) is 0 Å². The molecule has 0 saturated carbocycles. The first-order valence-corrected chi connectivity index (χ1v) is 8.32. The molecule has 1 heterocycles. The molecule has 0 spiro atoms. The van der Waals surface area contributed by atoms with E-state index in [1.807, 2.05) is 30.3 Å². The summed E-state index contributed by atoms with van der Waals surface area (Å²) >= 11 is 0. The van der Waals surface area contributed by atoms with E-state index in [0.717, 1.165) is 5.56 Å². The first-order chi connectivity index (χ1) is 13.2. The molecule has 0 radical (unpaired) electrons. The summed E-state index contributed by atoms with van der Waals surface area (Å²) in [7, 11) is 1.27. The second-order valence-corrected chi connectivity index (χ2v) is 5.69. The Morgan fingerprint density at radius 3 is 2.44 bits per heavy atom. The van der Waals surface area contributed by atoms with Gasteiger partial charge in [0.15, 0.2) is 5.78 Å². The summed E-state index contributed by atoms with van der Waals surface area (Å²) in [5, 5.41) is 0. The van der Waals surface area contributed by atoms with Crippen LogP contribution in [0.25, 0.3) is 6.08 Å². The maximum Gasteiger partial charge on any atom is 0.374 e. The molecule has 3 aromatic rings. The fraction of sp³-hybridized carbons (Fsp3) is 0.0909. The van der Waals surface area contributed by atoms with Gasteiger partial charge in [-0.2, -0.15) is 0 Å². The van der Waals surface area contributed by atoms with Gasteiger partial charge < -0.3 is 13.9 Å². The molecule has 0 atom stereocenters. The molecule has 0 aliphatic rings. The van der Waals surface area contributed by atoms with Crippen LogP contribution in [-0.2, 0) is 11.3 Å². The fourth-order valence-electron chi connectivity index (χ4n) is 2.43. The molecule has 0 amide bonds. The molecule has 0 bridgehead atoms. The van der Waals surface area contributed by atoms with Crippen molar-refractivity contribution in [3.8, 4) is 5.75 Å². The van der Waals surface area contributed by atoms with E-state index >= 15 is 0 Å². The number of hydrogen-bond acceptors (Lipinski definition) is 5. The highest BCUT2D eigenvalue weighted by atomic mass is 16.5. The lowest BCUT2D eigenvalue weighted by atomic mass is 10.1. The number of ketones is 1. The van der Waals surface area contributed by atoms with Crippen molar-refractivity contribution < 1.29 is 23.5 Å². The van der Waals surface area contributed by atoms with Crippen molar-refractivity contribution in [3.05, 3.63) is 95.5 Å². The van der Waals surface area contributed by atoms with Crippen LogP contribution < -0.4 is 4.74 Å². The predicted molar refractivity (Wildman–Crippen MR) is 101 cm³/mol. The molecular weight excluding hydrogens is 344 g/mol. The minimum absolute atomic E-state index is 0.0613. The molecule has 5 heteroatoms. The summed E-state index contributed by atoms with van der Waals surface area (Å²) in [6.45, 7) is 0.463. The molecule has 3 rings (SSSR count). The second-order valence-electron chi connectivity index (χ2n) is 5.69. The molecule has 0 unspecified atom stereocenters. The molecule has 0 saturated heterocycles. The number of furan rings is 1. The minimum atomic E-state index is -0.591. The number of ether oxygens (including phenoxy) is 2. The van der Waals surface area contributed by atoms with E-state index in [-0.39, 0.29) is 11.5 Å². The Balaban J connectivity index is 1.62. The molecule has 2 aromatic carbocycles. The lowest BCUT2D eigenvalue weighted by molar-refractivity contribution is 0.0564. The van der Waals surface area contributed by atoms with Gasteiger partial charge in [0.25, 0.3) is 0 Å². The van der Waals surface area contributed by atoms with Crippen LogP contribution >= 0.6 is 0 Å². The number of hydrogen-bond donors (Lipinski definition) is 0. The van der Waals surface area contributed by atoms with E-state index < -0.39 is 5.97 Å². The average molecular weight is 362 g/mol. The zero-order valence-electron chi connectivity index (χ0n) is 14.8. The molecule has 0 aliphatic heterocycles. The van der Waals surface area contributed by atoms with Crippen molar-refractivity contribution in [1.82, 2.24) is 0 Å². The van der Waals surface area contributed by atoms with Gasteiger partial charge in [0.05, 0.1) is 13.4 Å². The van der Waals surface area contributed by atoms with E-state index in [1.165, 1.54) is 25.5 Å². The maximum absolute atomic E-state index is 12.3. The first-order valence-electron chi connectivity index (χ1n) is 8.32. The Hall–Kier alpha value is -3.60.